The van der Waals surface area contributed by atoms with Crippen molar-refractivity contribution in [2.24, 2.45) is 0 Å². The van der Waals surface area contributed by atoms with Gasteiger partial charge in [-0.05, 0) is 57.8 Å². The number of nitrogens with one attached hydrogen (secondary N) is 1. The van der Waals surface area contributed by atoms with Crippen molar-refractivity contribution < 1.29 is 24.5 Å². The highest BCUT2D eigenvalue weighted by atomic mass is 16.5. The number of hydrogen-bond donors (Lipinski definition) is 3. The second kappa shape index (κ2) is 64.9. The van der Waals surface area contributed by atoms with Crippen LogP contribution in [0.15, 0.2) is 24.3 Å². The molecule has 6 heteroatoms. The maximum atomic E-state index is 12.4. The Bertz CT molecular complexity index is 1170. The van der Waals surface area contributed by atoms with Crippen LogP contribution in [-0.2, 0) is 14.3 Å². The molecule has 0 rings (SSSR count). The zero-order chi connectivity index (χ0) is 54.3. The summed E-state index contributed by atoms with van der Waals surface area (Å²) in [5, 5.41) is 23.0. The Morgan fingerprint density at radius 3 is 0.947 bits per heavy atom. The molecule has 0 aliphatic rings. The van der Waals surface area contributed by atoms with Gasteiger partial charge in [0.1, 0.15) is 0 Å². The Morgan fingerprint density at radius 2 is 0.627 bits per heavy atom. The highest BCUT2D eigenvalue weighted by Gasteiger charge is 2.18. The Morgan fingerprint density at radius 1 is 0.360 bits per heavy atom. The summed E-state index contributed by atoms with van der Waals surface area (Å²) in [6.07, 6.45) is 81.2. The van der Waals surface area contributed by atoms with Crippen molar-refractivity contribution in [3.8, 4) is 0 Å². The molecule has 0 aromatic heterocycles. The number of esters is 1. The van der Waals surface area contributed by atoms with E-state index in [1.165, 1.54) is 315 Å². The number of ether oxygens (including phenoxy) is 1. The lowest BCUT2D eigenvalue weighted by Crippen LogP contribution is -2.45. The fraction of sp³-hybridized carbons (Fsp3) is 0.913. The van der Waals surface area contributed by atoms with Crippen LogP contribution in [0.25, 0.3) is 0 Å². The Labute approximate surface area is 469 Å². The van der Waals surface area contributed by atoms with Gasteiger partial charge >= 0.3 is 5.97 Å². The average Bonchev–Trinajstić information content (AvgIpc) is 3.41. The van der Waals surface area contributed by atoms with E-state index in [4.69, 9.17) is 4.74 Å². The van der Waals surface area contributed by atoms with Crippen LogP contribution in [-0.4, -0.2) is 47.4 Å². The largest absolute Gasteiger partial charge is 0.466 e. The molecule has 0 saturated heterocycles. The minimum atomic E-state index is -0.841. The van der Waals surface area contributed by atoms with Gasteiger partial charge in [-0.1, -0.05) is 334 Å². The second-order valence-electron chi connectivity index (χ2n) is 23.5. The minimum absolute atomic E-state index is 0.0218. The van der Waals surface area contributed by atoms with Gasteiger partial charge in [-0.3, -0.25) is 9.59 Å². The molecule has 0 spiro atoms. The van der Waals surface area contributed by atoms with E-state index < -0.39 is 12.1 Å². The number of hydrogen-bond acceptors (Lipinski definition) is 5. The van der Waals surface area contributed by atoms with Crippen molar-refractivity contribution in [1.29, 1.82) is 0 Å². The molecule has 0 heterocycles. The molecular formula is C69H133NO5. The van der Waals surface area contributed by atoms with Gasteiger partial charge in [0.25, 0.3) is 0 Å². The van der Waals surface area contributed by atoms with E-state index in [2.05, 4.69) is 31.3 Å². The predicted molar refractivity (Wildman–Crippen MR) is 329 cm³/mol. The molecule has 0 fully saturated rings. The first kappa shape index (κ1) is 73.3. The van der Waals surface area contributed by atoms with Crippen LogP contribution in [0.1, 0.15) is 380 Å². The summed E-state index contributed by atoms with van der Waals surface area (Å²) in [6, 6.07) is -0.624. The van der Waals surface area contributed by atoms with Gasteiger partial charge in [0, 0.05) is 12.8 Å². The van der Waals surface area contributed by atoms with Crippen LogP contribution in [0.5, 0.6) is 0 Å². The third-order valence-corrected chi connectivity index (χ3v) is 16.0. The summed E-state index contributed by atoms with van der Waals surface area (Å²) in [4.78, 5) is 24.5. The monoisotopic (exact) mass is 1060 g/mol. The SMILES string of the molecule is CCCCCCCCCC/C=C/C(O)C(CO)NC(=O)CCCCCCCCCCCCCCCCC/C=C\CCCCCCCCCCCCCCOC(=O)CCCCCCCCCCCCCCCCCCC. The quantitative estimate of drug-likeness (QED) is 0.0320. The zero-order valence-electron chi connectivity index (χ0n) is 50.8. The summed E-state index contributed by atoms with van der Waals surface area (Å²) >= 11 is 0. The first-order valence-corrected chi connectivity index (χ1v) is 34.1. The van der Waals surface area contributed by atoms with Crippen molar-refractivity contribution in [1.82, 2.24) is 5.32 Å². The number of carbonyl (C=O) groups is 2. The Kier molecular flexibility index (Phi) is 63.4. The molecule has 0 saturated carbocycles. The summed E-state index contributed by atoms with van der Waals surface area (Å²) < 4.78 is 5.51. The molecule has 2 atom stereocenters. The lowest BCUT2D eigenvalue weighted by Gasteiger charge is -2.20. The van der Waals surface area contributed by atoms with Crippen molar-refractivity contribution in [3.05, 3.63) is 24.3 Å². The lowest BCUT2D eigenvalue weighted by molar-refractivity contribution is -0.143. The molecule has 3 N–H and O–H groups in total. The third-order valence-electron chi connectivity index (χ3n) is 16.0. The standard InChI is InChI=1S/C69H133NO5/c1-3-5-7-9-11-13-15-16-17-33-37-40-43-47-51-55-59-63-69(74)75-64-60-56-52-48-44-41-38-35-32-30-28-26-24-22-20-18-19-21-23-25-27-29-31-34-36-39-42-46-50-54-58-62-68(73)70-66(65-71)67(72)61-57-53-49-45-14-12-10-8-6-4-2/h20,22,57,61,66-67,71-72H,3-19,21,23-56,58-60,62-65H2,1-2H3,(H,70,73)/b22-20-,61-57+. The van der Waals surface area contributed by atoms with Crippen LogP contribution >= 0.6 is 0 Å². The Balaban J connectivity index is 3.33. The van der Waals surface area contributed by atoms with Gasteiger partial charge in [-0.2, -0.15) is 0 Å². The van der Waals surface area contributed by atoms with E-state index in [0.29, 0.717) is 19.4 Å². The molecule has 6 nitrogen and oxygen atoms in total. The molecule has 2 unspecified atom stereocenters. The molecule has 444 valence electrons. The fourth-order valence-corrected chi connectivity index (χ4v) is 10.7. The number of aliphatic hydroxyl groups is 2. The van der Waals surface area contributed by atoms with Crippen LogP contribution in [0.3, 0.4) is 0 Å². The molecule has 0 aliphatic carbocycles. The minimum Gasteiger partial charge on any atom is -0.466 e. The van der Waals surface area contributed by atoms with E-state index in [0.717, 1.165) is 38.5 Å². The summed E-state index contributed by atoms with van der Waals surface area (Å²) in [6.45, 7) is 4.92. The maximum absolute atomic E-state index is 12.4. The van der Waals surface area contributed by atoms with Crippen LogP contribution < -0.4 is 5.32 Å². The molecule has 0 aromatic carbocycles. The van der Waals surface area contributed by atoms with Crippen LogP contribution in [0.4, 0.5) is 0 Å². The molecule has 0 radical (unpaired) electrons. The summed E-state index contributed by atoms with van der Waals surface area (Å²) in [7, 11) is 0. The summed E-state index contributed by atoms with van der Waals surface area (Å²) in [5.74, 6) is -0.0446. The third kappa shape index (κ3) is 61.4. The van der Waals surface area contributed by atoms with E-state index in [1.807, 2.05) is 6.08 Å². The predicted octanol–water partition coefficient (Wildman–Crippen LogP) is 21.8. The van der Waals surface area contributed by atoms with Gasteiger partial charge in [0.05, 0.1) is 25.4 Å². The van der Waals surface area contributed by atoms with Gasteiger partial charge in [-0.15, -0.1) is 0 Å². The van der Waals surface area contributed by atoms with E-state index in [-0.39, 0.29) is 18.5 Å². The highest BCUT2D eigenvalue weighted by molar-refractivity contribution is 5.76. The van der Waals surface area contributed by atoms with Crippen LogP contribution in [0, 0.1) is 0 Å². The second-order valence-corrected chi connectivity index (χ2v) is 23.5. The van der Waals surface area contributed by atoms with E-state index in [1.54, 1.807) is 6.08 Å². The molecule has 0 bridgehead atoms. The van der Waals surface area contributed by atoms with Gasteiger partial charge in [-0.25, -0.2) is 0 Å². The number of rotatable bonds is 64. The molecule has 1 amide bonds. The zero-order valence-corrected chi connectivity index (χ0v) is 50.8. The smallest absolute Gasteiger partial charge is 0.305 e. The number of allylic oxidation sites excluding steroid dienone is 3. The molecule has 75 heavy (non-hydrogen) atoms. The van der Waals surface area contributed by atoms with E-state index in [9.17, 15) is 19.8 Å². The van der Waals surface area contributed by atoms with Gasteiger partial charge in [0.2, 0.25) is 5.91 Å². The fourth-order valence-electron chi connectivity index (χ4n) is 10.7. The number of amides is 1. The molecule has 0 aromatic rings. The van der Waals surface area contributed by atoms with Crippen LogP contribution in [0.2, 0.25) is 0 Å². The van der Waals surface area contributed by atoms with Crippen molar-refractivity contribution in [2.75, 3.05) is 13.2 Å². The number of aliphatic hydroxyl groups excluding tert-OH is 2. The average molecular weight is 1060 g/mol. The van der Waals surface area contributed by atoms with Gasteiger partial charge < -0.3 is 20.3 Å². The molecule has 0 aliphatic heterocycles. The van der Waals surface area contributed by atoms with Crippen molar-refractivity contribution in [3.63, 3.8) is 0 Å². The lowest BCUT2D eigenvalue weighted by atomic mass is 10.0. The number of carbonyl (C=O) groups excluding carboxylic acids is 2. The first-order valence-electron chi connectivity index (χ1n) is 34.1. The highest BCUT2D eigenvalue weighted by Crippen LogP contribution is 2.18. The topological polar surface area (TPSA) is 95.9 Å². The van der Waals surface area contributed by atoms with Crippen molar-refractivity contribution >= 4 is 11.9 Å². The van der Waals surface area contributed by atoms with Gasteiger partial charge in [0.15, 0.2) is 0 Å². The Hall–Kier alpha value is -1.66. The number of unbranched alkanes of at least 4 members (excludes halogenated alkanes) is 51. The normalized spacial score (nSPS) is 12.6. The molecular weight excluding hydrogens is 923 g/mol. The maximum Gasteiger partial charge on any atom is 0.305 e. The van der Waals surface area contributed by atoms with E-state index >= 15 is 0 Å². The summed E-state index contributed by atoms with van der Waals surface area (Å²) in [5.41, 5.74) is 0. The van der Waals surface area contributed by atoms with Crippen molar-refractivity contribution in [2.45, 2.75) is 392 Å². The first-order chi connectivity index (χ1) is 37.0.